The van der Waals surface area contributed by atoms with Gasteiger partial charge in [-0.3, -0.25) is 4.79 Å². The average Bonchev–Trinajstić information content (AvgIpc) is 2.97. The van der Waals surface area contributed by atoms with Crippen molar-refractivity contribution in [3.05, 3.63) is 63.1 Å². The summed E-state index contributed by atoms with van der Waals surface area (Å²) in [5.74, 6) is 0.199. The van der Waals surface area contributed by atoms with Gasteiger partial charge in [-0.1, -0.05) is 52.4 Å². The molecule has 1 aromatic heterocycles. The lowest BCUT2D eigenvalue weighted by Crippen LogP contribution is -2.13. The van der Waals surface area contributed by atoms with Crippen LogP contribution >= 0.6 is 46.9 Å². The summed E-state index contributed by atoms with van der Waals surface area (Å²) >= 11 is 14.0. The molecule has 8 heteroatoms. The van der Waals surface area contributed by atoms with Crippen molar-refractivity contribution in [2.24, 2.45) is 0 Å². The fourth-order valence-corrected chi connectivity index (χ4v) is 4.31. The summed E-state index contributed by atoms with van der Waals surface area (Å²) in [6, 6.07) is 15.0. The molecule has 0 spiro atoms. The Kier molecular flexibility index (Phi) is 5.90. The standard InChI is InChI=1S/C17H14ClN3OS3/c1-11-2-6-13(7-3-11)19-15(22)10-24-16-20-21(17(23)25-16)14-8-4-12(18)5-9-14/h2-9H,10H2,1H3,(H,19,22). The third kappa shape index (κ3) is 4.92. The quantitative estimate of drug-likeness (QED) is 0.457. The number of carbonyl (C=O) groups excluding carboxylic acids is 1. The Hall–Kier alpha value is -1.67. The largest absolute Gasteiger partial charge is 0.325 e. The molecule has 3 aromatic rings. The Bertz CT molecular complexity index is 933. The van der Waals surface area contributed by atoms with Crippen LogP contribution in [0.25, 0.3) is 5.69 Å². The van der Waals surface area contributed by atoms with E-state index in [9.17, 15) is 4.79 Å². The minimum atomic E-state index is -0.0759. The van der Waals surface area contributed by atoms with Gasteiger partial charge in [0.15, 0.2) is 8.29 Å². The molecule has 0 saturated heterocycles. The van der Waals surface area contributed by atoms with Gasteiger partial charge in [0.05, 0.1) is 11.4 Å². The SMILES string of the molecule is Cc1ccc(NC(=O)CSc2nn(-c3ccc(Cl)cc3)c(=S)s2)cc1. The molecule has 128 valence electrons. The van der Waals surface area contributed by atoms with E-state index in [0.29, 0.717) is 8.98 Å². The number of amides is 1. The molecular formula is C17H14ClN3OS3. The Morgan fingerprint density at radius 1 is 1.24 bits per heavy atom. The van der Waals surface area contributed by atoms with Gasteiger partial charge in [-0.25, -0.2) is 4.68 Å². The van der Waals surface area contributed by atoms with Crippen molar-refractivity contribution in [2.45, 2.75) is 11.3 Å². The summed E-state index contributed by atoms with van der Waals surface area (Å²) in [5, 5.41) is 8.00. The highest BCUT2D eigenvalue weighted by Gasteiger charge is 2.09. The van der Waals surface area contributed by atoms with Gasteiger partial charge in [0.2, 0.25) is 5.91 Å². The second-order valence-corrected chi connectivity index (χ2v) is 8.51. The van der Waals surface area contributed by atoms with E-state index in [1.54, 1.807) is 16.8 Å². The van der Waals surface area contributed by atoms with E-state index in [-0.39, 0.29) is 11.7 Å². The number of benzene rings is 2. The number of rotatable bonds is 5. The number of aryl methyl sites for hydroxylation is 1. The number of carbonyl (C=O) groups is 1. The summed E-state index contributed by atoms with van der Waals surface area (Å²) in [7, 11) is 0. The van der Waals surface area contributed by atoms with Gasteiger partial charge in [-0.05, 0) is 55.5 Å². The summed E-state index contributed by atoms with van der Waals surface area (Å²) in [6.45, 7) is 2.01. The minimum Gasteiger partial charge on any atom is -0.325 e. The van der Waals surface area contributed by atoms with Crippen LogP contribution in [0.1, 0.15) is 5.56 Å². The molecule has 3 rings (SSSR count). The smallest absolute Gasteiger partial charge is 0.234 e. The molecule has 0 aliphatic carbocycles. The first-order chi connectivity index (χ1) is 12.0. The number of thioether (sulfide) groups is 1. The van der Waals surface area contributed by atoms with Crippen molar-refractivity contribution in [1.29, 1.82) is 0 Å². The zero-order valence-electron chi connectivity index (χ0n) is 13.2. The van der Waals surface area contributed by atoms with Crippen LogP contribution in [0.4, 0.5) is 5.69 Å². The van der Waals surface area contributed by atoms with Gasteiger partial charge in [-0.15, -0.1) is 5.10 Å². The topological polar surface area (TPSA) is 46.9 Å². The summed E-state index contributed by atoms with van der Waals surface area (Å²) < 4.78 is 3.05. The maximum absolute atomic E-state index is 12.1. The molecule has 2 aromatic carbocycles. The van der Waals surface area contributed by atoms with Crippen molar-refractivity contribution in [1.82, 2.24) is 9.78 Å². The van der Waals surface area contributed by atoms with E-state index in [4.69, 9.17) is 23.8 Å². The number of aromatic nitrogens is 2. The van der Waals surface area contributed by atoms with Crippen LogP contribution in [-0.4, -0.2) is 21.4 Å². The number of halogens is 1. The molecule has 0 atom stereocenters. The molecule has 0 bridgehead atoms. The molecule has 0 unspecified atom stereocenters. The monoisotopic (exact) mass is 407 g/mol. The Labute approximate surface area is 163 Å². The summed E-state index contributed by atoms with van der Waals surface area (Å²) in [6.07, 6.45) is 0. The molecule has 4 nitrogen and oxygen atoms in total. The zero-order valence-corrected chi connectivity index (χ0v) is 16.4. The lowest BCUT2D eigenvalue weighted by atomic mass is 10.2. The Morgan fingerprint density at radius 3 is 2.60 bits per heavy atom. The fourth-order valence-electron chi connectivity index (χ4n) is 2.03. The van der Waals surface area contributed by atoms with E-state index in [2.05, 4.69) is 10.4 Å². The van der Waals surface area contributed by atoms with Gasteiger partial charge in [0.1, 0.15) is 0 Å². The first-order valence-electron chi connectivity index (χ1n) is 7.37. The predicted molar refractivity (Wildman–Crippen MR) is 108 cm³/mol. The Morgan fingerprint density at radius 2 is 1.92 bits per heavy atom. The second-order valence-electron chi connectivity index (χ2n) is 5.22. The summed E-state index contributed by atoms with van der Waals surface area (Å²) in [4.78, 5) is 12.1. The van der Waals surface area contributed by atoms with Crippen LogP contribution in [0, 0.1) is 10.9 Å². The van der Waals surface area contributed by atoms with Crippen molar-refractivity contribution >= 4 is 58.5 Å². The van der Waals surface area contributed by atoms with E-state index in [1.807, 2.05) is 43.3 Å². The Balaban J connectivity index is 1.63. The molecule has 1 N–H and O–H groups in total. The van der Waals surface area contributed by atoms with E-state index in [1.165, 1.54) is 23.1 Å². The first-order valence-corrected chi connectivity index (χ1v) is 9.95. The van der Waals surface area contributed by atoms with Crippen LogP contribution in [-0.2, 0) is 4.79 Å². The molecular weight excluding hydrogens is 394 g/mol. The number of anilines is 1. The molecule has 0 aliphatic rings. The summed E-state index contributed by atoms with van der Waals surface area (Å²) in [5.41, 5.74) is 2.79. The number of nitrogens with zero attached hydrogens (tertiary/aromatic N) is 2. The average molecular weight is 408 g/mol. The molecule has 1 amide bonds. The van der Waals surface area contributed by atoms with Gasteiger partial charge in [-0.2, -0.15) is 0 Å². The molecule has 0 radical (unpaired) electrons. The molecule has 0 saturated carbocycles. The number of hydrogen-bond donors (Lipinski definition) is 1. The maximum atomic E-state index is 12.1. The van der Waals surface area contributed by atoms with E-state index >= 15 is 0 Å². The lowest BCUT2D eigenvalue weighted by Gasteiger charge is -2.04. The number of hydrogen-bond acceptors (Lipinski definition) is 5. The molecule has 0 fully saturated rings. The van der Waals surface area contributed by atoms with Crippen LogP contribution < -0.4 is 5.32 Å². The highest BCUT2D eigenvalue weighted by molar-refractivity contribution is 8.01. The lowest BCUT2D eigenvalue weighted by molar-refractivity contribution is -0.113. The van der Waals surface area contributed by atoms with Crippen LogP contribution in [0.3, 0.4) is 0 Å². The van der Waals surface area contributed by atoms with E-state index in [0.717, 1.165) is 21.3 Å². The van der Waals surface area contributed by atoms with Crippen LogP contribution in [0.2, 0.25) is 5.02 Å². The predicted octanol–water partition coefficient (Wildman–Crippen LogP) is 5.36. The van der Waals surface area contributed by atoms with Crippen molar-refractivity contribution in [2.75, 3.05) is 11.1 Å². The number of nitrogens with one attached hydrogen (secondary N) is 1. The maximum Gasteiger partial charge on any atom is 0.234 e. The molecule has 25 heavy (non-hydrogen) atoms. The van der Waals surface area contributed by atoms with Crippen molar-refractivity contribution < 1.29 is 4.79 Å². The normalized spacial score (nSPS) is 10.6. The fraction of sp³-hybridized carbons (Fsp3) is 0.118. The minimum absolute atomic E-state index is 0.0759. The van der Waals surface area contributed by atoms with Gasteiger partial charge >= 0.3 is 0 Å². The molecule has 1 heterocycles. The van der Waals surface area contributed by atoms with Crippen LogP contribution in [0.15, 0.2) is 52.9 Å². The van der Waals surface area contributed by atoms with Crippen molar-refractivity contribution in [3.63, 3.8) is 0 Å². The third-order valence-corrected chi connectivity index (χ3v) is 5.88. The van der Waals surface area contributed by atoms with Gasteiger partial charge in [0, 0.05) is 10.7 Å². The van der Waals surface area contributed by atoms with Gasteiger partial charge < -0.3 is 5.32 Å². The molecule has 0 aliphatic heterocycles. The van der Waals surface area contributed by atoms with E-state index < -0.39 is 0 Å². The van der Waals surface area contributed by atoms with Gasteiger partial charge in [0.25, 0.3) is 0 Å². The zero-order chi connectivity index (χ0) is 17.8. The second kappa shape index (κ2) is 8.14. The highest BCUT2D eigenvalue weighted by Crippen LogP contribution is 2.24. The third-order valence-electron chi connectivity index (χ3n) is 3.26. The first kappa shape index (κ1) is 18.1. The van der Waals surface area contributed by atoms with Crippen LogP contribution in [0.5, 0.6) is 0 Å². The highest BCUT2D eigenvalue weighted by atomic mass is 35.5. The van der Waals surface area contributed by atoms with Crippen molar-refractivity contribution in [3.8, 4) is 5.69 Å².